The van der Waals surface area contributed by atoms with Gasteiger partial charge >= 0.3 is 5.97 Å². The van der Waals surface area contributed by atoms with Crippen molar-refractivity contribution < 1.29 is 43.5 Å². The highest BCUT2D eigenvalue weighted by Crippen LogP contribution is 2.05. The molecule has 0 aliphatic rings. The van der Waals surface area contributed by atoms with Crippen LogP contribution < -0.4 is 44.6 Å². The number of rotatable bonds is 17. The molecule has 4 atom stereocenters. The third-order valence-electron chi connectivity index (χ3n) is 4.40. The maximum Gasteiger partial charge on any atom is 0.326 e. The van der Waals surface area contributed by atoms with Crippen molar-refractivity contribution in [3.8, 4) is 0 Å². The van der Waals surface area contributed by atoms with Gasteiger partial charge in [0.05, 0.1) is 18.9 Å². The second kappa shape index (κ2) is 14.8. The molecule has 0 aliphatic carbocycles. The van der Waals surface area contributed by atoms with Crippen molar-refractivity contribution in [2.75, 3.05) is 0 Å². The minimum absolute atomic E-state index is 0.334. The molecule has 0 spiro atoms. The van der Waals surface area contributed by atoms with Crippen molar-refractivity contribution in [3.63, 3.8) is 0 Å². The van der Waals surface area contributed by atoms with E-state index in [1.165, 1.54) is 0 Å². The van der Waals surface area contributed by atoms with Crippen molar-refractivity contribution >= 4 is 47.3 Å². The Hall–Kier alpha value is -4.28. The van der Waals surface area contributed by atoms with Crippen molar-refractivity contribution in [2.24, 2.45) is 28.7 Å². The first-order valence-corrected chi connectivity index (χ1v) is 10.2. The SMILES string of the molecule is NC(=O)CCC(NC(=O)C(N)CC(N)=O)C(=O)NC(CCC(N)=O)C(=O)NC(CC(N)=O)C(=O)O. The molecule has 0 aromatic carbocycles. The largest absolute Gasteiger partial charge is 0.480 e. The molecule has 196 valence electrons. The average Bonchev–Trinajstić information content (AvgIpc) is 2.71. The van der Waals surface area contributed by atoms with E-state index in [2.05, 4.69) is 10.6 Å². The van der Waals surface area contributed by atoms with Gasteiger partial charge in [-0.2, -0.15) is 0 Å². The molecule has 0 rings (SSSR count). The molecular weight excluding hydrogens is 472 g/mol. The quantitative estimate of drug-likeness (QED) is 0.0906. The topological polar surface area (TPSA) is 323 Å². The fraction of sp³-hybridized carbons (Fsp3) is 0.556. The van der Waals surface area contributed by atoms with Crippen LogP contribution in [0.25, 0.3) is 0 Å². The number of hydrogen-bond donors (Lipinski definition) is 9. The van der Waals surface area contributed by atoms with Crippen LogP contribution in [-0.2, 0) is 38.4 Å². The third kappa shape index (κ3) is 13.1. The van der Waals surface area contributed by atoms with Crippen LogP contribution in [0.15, 0.2) is 0 Å². The van der Waals surface area contributed by atoms with Crippen LogP contribution in [0.4, 0.5) is 0 Å². The first-order chi connectivity index (χ1) is 16.1. The van der Waals surface area contributed by atoms with Crippen molar-refractivity contribution in [3.05, 3.63) is 0 Å². The van der Waals surface area contributed by atoms with Crippen LogP contribution in [0.1, 0.15) is 38.5 Å². The van der Waals surface area contributed by atoms with Crippen LogP contribution in [0.3, 0.4) is 0 Å². The Kier molecular flexibility index (Phi) is 13.0. The van der Waals surface area contributed by atoms with E-state index in [0.717, 1.165) is 0 Å². The van der Waals surface area contributed by atoms with E-state index in [1.54, 1.807) is 0 Å². The second-order valence-corrected chi connectivity index (χ2v) is 7.48. The molecule has 0 aromatic rings. The molecular formula is C18H30N8O9. The Morgan fingerprint density at radius 3 is 1.29 bits per heavy atom. The van der Waals surface area contributed by atoms with Gasteiger partial charge in [0.1, 0.15) is 18.1 Å². The molecule has 0 saturated carbocycles. The van der Waals surface area contributed by atoms with Crippen molar-refractivity contribution in [2.45, 2.75) is 62.7 Å². The average molecular weight is 502 g/mol. The van der Waals surface area contributed by atoms with Crippen LogP contribution in [0.5, 0.6) is 0 Å². The van der Waals surface area contributed by atoms with Gasteiger partial charge in [0, 0.05) is 12.8 Å². The van der Waals surface area contributed by atoms with Crippen molar-refractivity contribution in [1.82, 2.24) is 16.0 Å². The van der Waals surface area contributed by atoms with E-state index in [4.69, 9.17) is 33.8 Å². The van der Waals surface area contributed by atoms with Gasteiger partial charge in [0.2, 0.25) is 41.4 Å². The van der Waals surface area contributed by atoms with Crippen molar-refractivity contribution in [1.29, 1.82) is 0 Å². The normalized spacial score (nSPS) is 13.9. The molecule has 7 amide bonds. The molecule has 0 bridgehead atoms. The summed E-state index contributed by atoms with van der Waals surface area (Å²) in [7, 11) is 0. The van der Waals surface area contributed by atoms with Gasteiger partial charge in [0.25, 0.3) is 0 Å². The van der Waals surface area contributed by atoms with Gasteiger partial charge in [-0.15, -0.1) is 0 Å². The first kappa shape index (κ1) is 30.7. The lowest BCUT2D eigenvalue weighted by atomic mass is 10.1. The monoisotopic (exact) mass is 502 g/mol. The summed E-state index contributed by atoms with van der Waals surface area (Å²) in [6, 6.07) is -6.17. The van der Waals surface area contributed by atoms with Gasteiger partial charge in [0.15, 0.2) is 0 Å². The number of nitrogens with two attached hydrogens (primary N) is 5. The molecule has 0 radical (unpaired) electrons. The Morgan fingerprint density at radius 1 is 0.571 bits per heavy atom. The molecule has 0 saturated heterocycles. The lowest BCUT2D eigenvalue weighted by Gasteiger charge is -2.24. The molecule has 17 nitrogen and oxygen atoms in total. The Balaban J connectivity index is 5.67. The van der Waals surface area contributed by atoms with E-state index in [0.29, 0.717) is 0 Å². The van der Waals surface area contributed by atoms with Gasteiger partial charge in [-0.1, -0.05) is 0 Å². The maximum atomic E-state index is 12.8. The number of primary amides is 4. The summed E-state index contributed by atoms with van der Waals surface area (Å²) >= 11 is 0. The number of nitrogens with one attached hydrogen (secondary N) is 3. The summed E-state index contributed by atoms with van der Waals surface area (Å²) in [6.07, 6.45) is -2.80. The minimum atomic E-state index is -1.73. The molecule has 0 aliphatic heterocycles. The van der Waals surface area contributed by atoms with Gasteiger partial charge < -0.3 is 49.7 Å². The fourth-order valence-corrected chi connectivity index (χ4v) is 2.64. The number of hydrogen-bond acceptors (Lipinski definition) is 9. The van der Waals surface area contributed by atoms with E-state index in [1.807, 2.05) is 5.32 Å². The zero-order valence-electron chi connectivity index (χ0n) is 18.7. The molecule has 0 aromatic heterocycles. The summed E-state index contributed by atoms with van der Waals surface area (Å²) in [5.74, 6) is -8.28. The van der Waals surface area contributed by atoms with Gasteiger partial charge in [-0.05, 0) is 12.8 Å². The zero-order chi connectivity index (χ0) is 27.3. The van der Waals surface area contributed by atoms with Crippen LogP contribution in [-0.4, -0.2) is 76.6 Å². The summed E-state index contributed by atoms with van der Waals surface area (Å²) in [5, 5.41) is 15.6. The zero-order valence-corrected chi connectivity index (χ0v) is 18.7. The minimum Gasteiger partial charge on any atom is -0.480 e. The van der Waals surface area contributed by atoms with E-state index < -0.39 is 90.7 Å². The second-order valence-electron chi connectivity index (χ2n) is 7.48. The maximum absolute atomic E-state index is 12.8. The van der Waals surface area contributed by atoms with Gasteiger partial charge in [-0.3, -0.25) is 33.6 Å². The Labute approximate surface area is 198 Å². The smallest absolute Gasteiger partial charge is 0.326 e. The molecule has 14 N–H and O–H groups in total. The molecule has 4 unspecified atom stereocenters. The predicted octanol–water partition coefficient (Wildman–Crippen LogP) is -5.87. The Bertz CT molecular complexity index is 863. The summed E-state index contributed by atoms with van der Waals surface area (Å²) in [6.45, 7) is 0. The van der Waals surface area contributed by atoms with E-state index in [-0.39, 0.29) is 19.3 Å². The van der Waals surface area contributed by atoms with E-state index >= 15 is 0 Å². The lowest BCUT2D eigenvalue weighted by molar-refractivity contribution is -0.144. The first-order valence-electron chi connectivity index (χ1n) is 10.2. The highest BCUT2D eigenvalue weighted by molar-refractivity contribution is 5.96. The van der Waals surface area contributed by atoms with E-state index in [9.17, 15) is 38.4 Å². The number of carbonyl (C=O) groups excluding carboxylic acids is 7. The summed E-state index contributed by atoms with van der Waals surface area (Å²) < 4.78 is 0. The molecule has 17 heteroatoms. The van der Waals surface area contributed by atoms with Crippen LogP contribution in [0.2, 0.25) is 0 Å². The van der Waals surface area contributed by atoms with Crippen LogP contribution in [0, 0.1) is 0 Å². The summed E-state index contributed by atoms with van der Waals surface area (Å²) in [5.41, 5.74) is 25.6. The number of amides is 7. The number of carboxylic acid groups (broad SMARTS) is 1. The highest BCUT2D eigenvalue weighted by Gasteiger charge is 2.31. The summed E-state index contributed by atoms with van der Waals surface area (Å²) in [4.78, 5) is 93.2. The standard InChI is InChI=1S/C18H30N8O9/c19-7(5-13(22)29)15(31)24-8(1-3-11(20)27)16(32)25-9(2-4-12(21)28)17(33)26-10(18(34)35)6-14(23)30/h7-10H,1-6,19H2,(H2,20,27)(H2,21,28)(H2,22,29)(H2,23,30)(H,24,31)(H,25,32)(H,26,33)(H,34,35). The Morgan fingerprint density at radius 2 is 0.943 bits per heavy atom. The number of carboxylic acids is 1. The number of aliphatic carboxylic acids is 1. The molecule has 35 heavy (non-hydrogen) atoms. The van der Waals surface area contributed by atoms with Crippen LogP contribution >= 0.6 is 0 Å². The lowest BCUT2D eigenvalue weighted by Crippen LogP contribution is -2.57. The molecule has 0 heterocycles. The molecule has 0 fully saturated rings. The highest BCUT2D eigenvalue weighted by atomic mass is 16.4. The fourth-order valence-electron chi connectivity index (χ4n) is 2.64. The number of carbonyl (C=O) groups is 8. The predicted molar refractivity (Wildman–Crippen MR) is 116 cm³/mol. The van der Waals surface area contributed by atoms with Gasteiger partial charge in [-0.25, -0.2) is 4.79 Å². The third-order valence-corrected chi connectivity index (χ3v) is 4.40.